The molecule has 1 aromatic carbocycles. The number of likely N-dealkylation sites (N-methyl/N-ethyl adjacent to an activating group) is 1. The van der Waals surface area contributed by atoms with Crippen molar-refractivity contribution in [2.75, 3.05) is 20.2 Å². The number of hydrogen-bond acceptors (Lipinski definition) is 7. The van der Waals surface area contributed by atoms with Gasteiger partial charge in [0.1, 0.15) is 23.4 Å². The molecular weight excluding hydrogens is 466 g/mol. The molecule has 0 heterocycles. The first-order valence-corrected chi connectivity index (χ1v) is 12.2. The SMILES string of the molecule is CCOC(=O)CCNC(=O)C(c1cccc(C)c1O)N(C)C(=O)C(NC(=O)OC(C)(C)C)C(C)CC. The first-order valence-electron chi connectivity index (χ1n) is 12.2. The Hall–Kier alpha value is -3.30. The summed E-state index contributed by atoms with van der Waals surface area (Å²) >= 11 is 0. The standard InChI is InChI=1S/C26H41N3O7/c1-9-16(3)20(28-25(34)36-26(5,6)7)24(33)29(8)21(18-13-11-12-17(4)22(18)31)23(32)27-15-14-19(30)35-10-2/h11-13,16,20-21,31H,9-10,14-15H2,1-8H3,(H,27,32)(H,28,34). The minimum absolute atomic E-state index is 0.00623. The van der Waals surface area contributed by atoms with Crippen LogP contribution in [0.1, 0.15) is 71.6 Å². The summed E-state index contributed by atoms with van der Waals surface area (Å²) in [7, 11) is 1.44. The van der Waals surface area contributed by atoms with Gasteiger partial charge in [-0.15, -0.1) is 0 Å². The summed E-state index contributed by atoms with van der Waals surface area (Å²) in [6.07, 6.45) is -0.214. The fourth-order valence-electron chi connectivity index (χ4n) is 3.51. The second-order valence-corrected chi connectivity index (χ2v) is 9.72. The maximum atomic E-state index is 13.6. The predicted octanol–water partition coefficient (Wildman–Crippen LogP) is 3.21. The number of carbonyl (C=O) groups is 4. The molecule has 10 nitrogen and oxygen atoms in total. The van der Waals surface area contributed by atoms with Gasteiger partial charge in [-0.25, -0.2) is 4.79 Å². The number of para-hydroxylation sites is 1. The lowest BCUT2D eigenvalue weighted by Gasteiger charge is -2.33. The molecule has 0 aromatic heterocycles. The molecular formula is C26H41N3O7. The van der Waals surface area contributed by atoms with Crippen molar-refractivity contribution in [3.05, 3.63) is 29.3 Å². The van der Waals surface area contributed by atoms with Crippen LogP contribution in [0.2, 0.25) is 0 Å². The summed E-state index contributed by atoms with van der Waals surface area (Å²) in [6, 6.07) is 2.72. The van der Waals surface area contributed by atoms with Crippen molar-refractivity contribution in [2.24, 2.45) is 5.92 Å². The highest BCUT2D eigenvalue weighted by atomic mass is 16.6. The molecule has 0 saturated heterocycles. The van der Waals surface area contributed by atoms with Crippen LogP contribution in [-0.4, -0.2) is 65.7 Å². The summed E-state index contributed by atoms with van der Waals surface area (Å²) in [4.78, 5) is 52.3. The molecule has 3 unspecified atom stereocenters. The lowest BCUT2D eigenvalue weighted by atomic mass is 9.95. The molecule has 1 rings (SSSR count). The van der Waals surface area contributed by atoms with Crippen LogP contribution < -0.4 is 10.6 Å². The first-order chi connectivity index (χ1) is 16.7. The lowest BCUT2D eigenvalue weighted by Crippen LogP contribution is -2.54. The predicted molar refractivity (Wildman–Crippen MR) is 135 cm³/mol. The Morgan fingerprint density at radius 2 is 1.78 bits per heavy atom. The van der Waals surface area contributed by atoms with Gasteiger partial charge in [-0.1, -0.05) is 38.5 Å². The molecule has 36 heavy (non-hydrogen) atoms. The van der Waals surface area contributed by atoms with Crippen molar-refractivity contribution < 1.29 is 33.8 Å². The molecule has 202 valence electrons. The van der Waals surface area contributed by atoms with Gasteiger partial charge in [-0.3, -0.25) is 14.4 Å². The fraction of sp³-hybridized carbons (Fsp3) is 0.615. The van der Waals surface area contributed by atoms with Gasteiger partial charge in [-0.05, 0) is 46.1 Å². The fourth-order valence-corrected chi connectivity index (χ4v) is 3.51. The van der Waals surface area contributed by atoms with Gasteiger partial charge in [0.05, 0.1) is 13.0 Å². The van der Waals surface area contributed by atoms with Gasteiger partial charge in [0.15, 0.2) is 0 Å². The molecule has 3 N–H and O–H groups in total. The number of esters is 1. The van der Waals surface area contributed by atoms with Crippen LogP contribution >= 0.6 is 0 Å². The molecule has 1 aromatic rings. The maximum Gasteiger partial charge on any atom is 0.408 e. The number of carbonyl (C=O) groups excluding carboxylic acids is 4. The van der Waals surface area contributed by atoms with E-state index in [1.807, 2.05) is 13.8 Å². The molecule has 0 aliphatic carbocycles. The van der Waals surface area contributed by atoms with E-state index in [0.29, 0.717) is 12.0 Å². The molecule has 0 aliphatic heterocycles. The number of nitrogens with one attached hydrogen (secondary N) is 2. The Morgan fingerprint density at radius 3 is 2.33 bits per heavy atom. The van der Waals surface area contributed by atoms with Crippen molar-refractivity contribution >= 4 is 23.9 Å². The number of nitrogens with zero attached hydrogens (tertiary/aromatic N) is 1. The van der Waals surface area contributed by atoms with Gasteiger partial charge >= 0.3 is 12.1 Å². The second kappa shape index (κ2) is 13.7. The first kappa shape index (κ1) is 30.7. The highest BCUT2D eigenvalue weighted by molar-refractivity contribution is 5.92. The Bertz CT molecular complexity index is 927. The zero-order chi connectivity index (χ0) is 27.6. The quantitative estimate of drug-likeness (QED) is 0.392. The number of aryl methyl sites for hydroxylation is 1. The van der Waals surface area contributed by atoms with Crippen molar-refractivity contribution in [2.45, 2.75) is 79.0 Å². The van der Waals surface area contributed by atoms with Gasteiger partial charge in [0, 0.05) is 19.2 Å². The number of hydrogen-bond donors (Lipinski definition) is 3. The van der Waals surface area contributed by atoms with E-state index in [-0.39, 0.29) is 36.8 Å². The van der Waals surface area contributed by atoms with E-state index in [1.54, 1.807) is 52.8 Å². The van der Waals surface area contributed by atoms with Crippen LogP contribution in [0.15, 0.2) is 18.2 Å². The summed E-state index contributed by atoms with van der Waals surface area (Å²) < 4.78 is 10.2. The number of amides is 3. The van der Waals surface area contributed by atoms with Crippen molar-refractivity contribution in [1.82, 2.24) is 15.5 Å². The van der Waals surface area contributed by atoms with E-state index in [9.17, 15) is 24.3 Å². The highest BCUT2D eigenvalue weighted by Gasteiger charge is 2.37. The third-order valence-electron chi connectivity index (χ3n) is 5.63. The highest BCUT2D eigenvalue weighted by Crippen LogP contribution is 2.32. The number of aromatic hydroxyl groups is 1. The lowest BCUT2D eigenvalue weighted by molar-refractivity contribution is -0.144. The van der Waals surface area contributed by atoms with Gasteiger partial charge in [0.2, 0.25) is 11.8 Å². The summed E-state index contributed by atoms with van der Waals surface area (Å²) in [5.74, 6) is -1.97. The second-order valence-electron chi connectivity index (χ2n) is 9.72. The zero-order valence-electron chi connectivity index (χ0n) is 22.6. The van der Waals surface area contributed by atoms with Gasteiger partial charge < -0.3 is 30.1 Å². The monoisotopic (exact) mass is 507 g/mol. The molecule has 0 spiro atoms. The van der Waals surface area contributed by atoms with Gasteiger partial charge in [0.25, 0.3) is 0 Å². The van der Waals surface area contributed by atoms with Crippen LogP contribution in [0.4, 0.5) is 4.79 Å². The molecule has 3 atom stereocenters. The molecule has 0 radical (unpaired) electrons. The van der Waals surface area contributed by atoms with Gasteiger partial charge in [-0.2, -0.15) is 0 Å². The average molecular weight is 508 g/mol. The molecule has 10 heteroatoms. The van der Waals surface area contributed by atoms with E-state index in [0.717, 1.165) is 0 Å². The van der Waals surface area contributed by atoms with E-state index in [2.05, 4.69) is 10.6 Å². The van der Waals surface area contributed by atoms with E-state index >= 15 is 0 Å². The maximum absolute atomic E-state index is 13.6. The van der Waals surface area contributed by atoms with Crippen LogP contribution in [0, 0.1) is 12.8 Å². The summed E-state index contributed by atoms with van der Waals surface area (Å²) in [5.41, 5.74) is -0.00373. The van der Waals surface area contributed by atoms with Crippen LogP contribution in [-0.2, 0) is 23.9 Å². The molecule has 0 fully saturated rings. The largest absolute Gasteiger partial charge is 0.507 e. The number of rotatable bonds is 11. The topological polar surface area (TPSA) is 134 Å². The number of ether oxygens (including phenoxy) is 2. The third kappa shape index (κ3) is 9.05. The average Bonchev–Trinajstić information content (AvgIpc) is 2.78. The third-order valence-corrected chi connectivity index (χ3v) is 5.63. The molecule has 0 aliphatic rings. The smallest absolute Gasteiger partial charge is 0.408 e. The Labute approximate surface area is 213 Å². The van der Waals surface area contributed by atoms with Crippen molar-refractivity contribution in [3.63, 3.8) is 0 Å². The van der Waals surface area contributed by atoms with Crippen LogP contribution in [0.5, 0.6) is 5.75 Å². The minimum Gasteiger partial charge on any atom is -0.507 e. The Balaban J connectivity index is 3.29. The van der Waals surface area contributed by atoms with E-state index in [4.69, 9.17) is 9.47 Å². The molecule has 3 amide bonds. The Kier molecular flexibility index (Phi) is 11.7. The van der Waals surface area contributed by atoms with E-state index in [1.165, 1.54) is 11.9 Å². The number of benzene rings is 1. The summed E-state index contributed by atoms with van der Waals surface area (Å²) in [6.45, 7) is 12.4. The Morgan fingerprint density at radius 1 is 1.14 bits per heavy atom. The van der Waals surface area contributed by atoms with Crippen LogP contribution in [0.3, 0.4) is 0 Å². The van der Waals surface area contributed by atoms with Crippen molar-refractivity contribution in [3.8, 4) is 5.75 Å². The summed E-state index contributed by atoms with van der Waals surface area (Å²) in [5, 5.41) is 16.0. The number of phenolic OH excluding ortho intramolecular Hbond substituents is 1. The minimum atomic E-state index is -1.22. The number of phenols is 1. The van der Waals surface area contributed by atoms with E-state index < -0.39 is 41.6 Å². The normalized spacial score (nSPS) is 13.7. The van der Waals surface area contributed by atoms with Crippen molar-refractivity contribution in [1.29, 1.82) is 0 Å². The molecule has 0 bridgehead atoms. The molecule has 0 saturated carbocycles. The zero-order valence-corrected chi connectivity index (χ0v) is 22.6. The number of alkyl carbamates (subject to hydrolysis) is 1. The van der Waals surface area contributed by atoms with Crippen LogP contribution in [0.25, 0.3) is 0 Å².